The Bertz CT molecular complexity index is 1460. The first-order chi connectivity index (χ1) is 17.5. The van der Waals surface area contributed by atoms with Crippen LogP contribution in [0.2, 0.25) is 10.0 Å². The fourth-order valence-electron chi connectivity index (χ4n) is 4.44. The molecule has 0 aliphatic carbocycles. The number of benzene rings is 3. The Labute approximate surface area is 220 Å². The molecule has 6 nitrogen and oxygen atoms in total. The quantitative estimate of drug-likeness (QED) is 0.322. The molecule has 8 heteroatoms. The second kappa shape index (κ2) is 10.2. The van der Waals surface area contributed by atoms with Crippen LogP contribution in [0.15, 0.2) is 60.8 Å². The molecule has 1 aromatic heterocycles. The van der Waals surface area contributed by atoms with E-state index in [2.05, 4.69) is 57.5 Å². The van der Waals surface area contributed by atoms with Gasteiger partial charge < -0.3 is 19.9 Å². The molecule has 1 aliphatic rings. The van der Waals surface area contributed by atoms with Crippen LogP contribution < -0.4 is 15.0 Å². The molecular weight excluding hydrogens is 493 g/mol. The molecule has 0 atom stereocenters. The van der Waals surface area contributed by atoms with Crippen LogP contribution >= 0.6 is 23.2 Å². The highest BCUT2D eigenvalue weighted by Crippen LogP contribution is 2.38. The fraction of sp³-hybridized carbons (Fsp3) is 0.214. The second-order valence-corrected chi connectivity index (χ2v) is 9.63. The number of hydrogen-bond acceptors (Lipinski definition) is 6. The molecule has 2 heterocycles. The summed E-state index contributed by atoms with van der Waals surface area (Å²) in [4.78, 5) is 9.33. The molecule has 5 rings (SSSR count). The van der Waals surface area contributed by atoms with Gasteiger partial charge in [-0.05, 0) is 42.4 Å². The van der Waals surface area contributed by atoms with Gasteiger partial charge in [0.15, 0.2) is 0 Å². The van der Waals surface area contributed by atoms with Gasteiger partial charge in [0, 0.05) is 49.5 Å². The summed E-state index contributed by atoms with van der Waals surface area (Å²) in [7, 11) is 3.70. The number of halogens is 2. The van der Waals surface area contributed by atoms with Gasteiger partial charge >= 0.3 is 0 Å². The normalized spacial score (nSPS) is 14.0. The first-order valence-electron chi connectivity index (χ1n) is 11.6. The van der Waals surface area contributed by atoms with Crippen molar-refractivity contribution in [2.45, 2.75) is 0 Å². The summed E-state index contributed by atoms with van der Waals surface area (Å²) in [6.45, 7) is 4.23. The number of nitrogens with zero attached hydrogens (tertiary/aromatic N) is 4. The zero-order chi connectivity index (χ0) is 25.2. The number of nitriles is 1. The summed E-state index contributed by atoms with van der Waals surface area (Å²) in [5.41, 5.74) is 5.82. The van der Waals surface area contributed by atoms with Crippen LogP contribution in [0.3, 0.4) is 0 Å². The summed E-state index contributed by atoms with van der Waals surface area (Å²) < 4.78 is 5.33. The molecule has 4 aromatic rings. The van der Waals surface area contributed by atoms with E-state index in [1.54, 1.807) is 25.4 Å². The van der Waals surface area contributed by atoms with Crippen LogP contribution in [0.25, 0.3) is 22.0 Å². The van der Waals surface area contributed by atoms with E-state index >= 15 is 0 Å². The number of rotatable bonds is 5. The van der Waals surface area contributed by atoms with Gasteiger partial charge in [0.2, 0.25) is 0 Å². The maximum Gasteiger partial charge on any atom is 0.139 e. The van der Waals surface area contributed by atoms with E-state index in [9.17, 15) is 5.26 Å². The van der Waals surface area contributed by atoms with Crippen LogP contribution in [0.4, 0.5) is 17.1 Å². The van der Waals surface area contributed by atoms with E-state index in [0.717, 1.165) is 48.2 Å². The molecular formula is C28H25Cl2N5O. The van der Waals surface area contributed by atoms with Crippen molar-refractivity contribution in [3.05, 3.63) is 76.4 Å². The maximum atomic E-state index is 9.74. The number of anilines is 3. The lowest BCUT2D eigenvalue weighted by Crippen LogP contribution is -2.44. The number of fused-ring (bicyclic) bond motifs is 1. The minimum atomic E-state index is 0.413. The lowest BCUT2D eigenvalue weighted by molar-refractivity contribution is 0.313. The lowest BCUT2D eigenvalue weighted by Gasteiger charge is -2.34. The van der Waals surface area contributed by atoms with E-state index in [4.69, 9.17) is 27.9 Å². The lowest BCUT2D eigenvalue weighted by atomic mass is 10.0. The minimum absolute atomic E-state index is 0.413. The Balaban J connectivity index is 1.47. The molecule has 3 aromatic carbocycles. The predicted molar refractivity (Wildman–Crippen MR) is 148 cm³/mol. The highest BCUT2D eigenvalue weighted by molar-refractivity contribution is 6.37. The average molecular weight is 518 g/mol. The number of likely N-dealkylation sites (N-methyl/N-ethyl adjacent to an activating group) is 1. The SMILES string of the molecule is COc1cc(Nc2c(C#N)cnc3cc(-c4ccc(N5CCN(C)CC5)cc4)ccc23)c(Cl)cc1Cl. The number of aromatic nitrogens is 1. The number of methoxy groups -OCH3 is 1. The van der Waals surface area contributed by atoms with Crippen molar-refractivity contribution in [1.29, 1.82) is 5.26 Å². The summed E-state index contributed by atoms with van der Waals surface area (Å²) in [5.74, 6) is 0.489. The van der Waals surface area contributed by atoms with Crippen molar-refractivity contribution in [1.82, 2.24) is 9.88 Å². The molecule has 0 saturated carbocycles. The van der Waals surface area contributed by atoms with Gasteiger partial charge in [-0.15, -0.1) is 0 Å². The standard InChI is InChI=1S/C28H25Cl2N5O/c1-34-9-11-35(12-10-34)21-6-3-18(4-7-21)19-5-8-22-25(13-19)32-17-20(16-31)28(22)33-26-15-27(36-2)24(30)14-23(26)29/h3-8,13-15,17H,9-12H2,1-2H3,(H,32,33). The maximum absolute atomic E-state index is 9.74. The molecule has 0 bridgehead atoms. The summed E-state index contributed by atoms with van der Waals surface area (Å²) >= 11 is 12.6. The van der Waals surface area contributed by atoms with Gasteiger partial charge in [-0.25, -0.2) is 0 Å². The summed E-state index contributed by atoms with van der Waals surface area (Å²) in [6.07, 6.45) is 1.58. The van der Waals surface area contributed by atoms with E-state index < -0.39 is 0 Å². The number of nitrogens with one attached hydrogen (secondary N) is 1. The molecule has 1 fully saturated rings. The number of pyridine rings is 1. The largest absolute Gasteiger partial charge is 0.495 e. The Morgan fingerprint density at radius 1 is 0.944 bits per heavy atom. The van der Waals surface area contributed by atoms with Crippen LogP contribution in [-0.4, -0.2) is 50.2 Å². The molecule has 0 radical (unpaired) electrons. The fourth-order valence-corrected chi connectivity index (χ4v) is 4.95. The summed E-state index contributed by atoms with van der Waals surface area (Å²) in [5, 5.41) is 14.7. The zero-order valence-electron chi connectivity index (χ0n) is 20.1. The highest BCUT2D eigenvalue weighted by Gasteiger charge is 2.16. The van der Waals surface area contributed by atoms with Crippen molar-refractivity contribution >= 4 is 51.2 Å². The van der Waals surface area contributed by atoms with Crippen LogP contribution in [0.5, 0.6) is 5.75 Å². The molecule has 1 saturated heterocycles. The third-order valence-electron chi connectivity index (χ3n) is 6.56. The van der Waals surface area contributed by atoms with Gasteiger partial charge in [-0.2, -0.15) is 5.26 Å². The number of hydrogen-bond donors (Lipinski definition) is 1. The molecule has 36 heavy (non-hydrogen) atoms. The van der Waals surface area contributed by atoms with Crippen molar-refractivity contribution in [2.24, 2.45) is 0 Å². The Morgan fingerprint density at radius 2 is 1.67 bits per heavy atom. The van der Waals surface area contributed by atoms with Crippen molar-refractivity contribution in [2.75, 3.05) is 50.6 Å². The molecule has 1 aliphatic heterocycles. The van der Waals surface area contributed by atoms with Crippen molar-refractivity contribution in [3.63, 3.8) is 0 Å². The Morgan fingerprint density at radius 3 is 2.36 bits per heavy atom. The molecule has 0 spiro atoms. The highest BCUT2D eigenvalue weighted by atomic mass is 35.5. The molecule has 0 amide bonds. The van der Waals surface area contributed by atoms with E-state index in [-0.39, 0.29) is 0 Å². The minimum Gasteiger partial charge on any atom is -0.495 e. The third-order valence-corrected chi connectivity index (χ3v) is 7.17. The first-order valence-corrected chi connectivity index (χ1v) is 12.4. The summed E-state index contributed by atoms with van der Waals surface area (Å²) in [6, 6.07) is 20.3. The van der Waals surface area contributed by atoms with Crippen LogP contribution in [-0.2, 0) is 0 Å². The van der Waals surface area contributed by atoms with Gasteiger partial charge in [0.05, 0.1) is 39.6 Å². The average Bonchev–Trinajstić information content (AvgIpc) is 2.90. The first kappa shape index (κ1) is 24.2. The van der Waals surface area contributed by atoms with E-state index in [1.807, 2.05) is 18.2 Å². The second-order valence-electron chi connectivity index (χ2n) is 8.82. The van der Waals surface area contributed by atoms with Crippen molar-refractivity contribution < 1.29 is 4.74 Å². The Hall–Kier alpha value is -3.50. The number of ether oxygens (including phenoxy) is 1. The van der Waals surface area contributed by atoms with Crippen LogP contribution in [0.1, 0.15) is 5.56 Å². The Kier molecular flexibility index (Phi) is 6.88. The monoisotopic (exact) mass is 517 g/mol. The van der Waals surface area contributed by atoms with Gasteiger partial charge in [0.1, 0.15) is 11.8 Å². The molecule has 0 unspecified atom stereocenters. The van der Waals surface area contributed by atoms with Gasteiger partial charge in [0.25, 0.3) is 0 Å². The van der Waals surface area contributed by atoms with Crippen LogP contribution in [0, 0.1) is 11.3 Å². The molecule has 1 N–H and O–H groups in total. The smallest absolute Gasteiger partial charge is 0.139 e. The van der Waals surface area contributed by atoms with Crippen molar-refractivity contribution in [3.8, 4) is 22.9 Å². The molecule has 182 valence electrons. The van der Waals surface area contributed by atoms with Gasteiger partial charge in [-0.3, -0.25) is 4.98 Å². The van der Waals surface area contributed by atoms with E-state index in [1.165, 1.54) is 5.69 Å². The third kappa shape index (κ3) is 4.78. The van der Waals surface area contributed by atoms with E-state index in [0.29, 0.717) is 32.7 Å². The number of piperazine rings is 1. The zero-order valence-corrected chi connectivity index (χ0v) is 21.6. The topological polar surface area (TPSA) is 64.4 Å². The predicted octanol–water partition coefficient (Wildman–Crippen LogP) is 6.58. The van der Waals surface area contributed by atoms with Gasteiger partial charge in [-0.1, -0.05) is 47.5 Å².